The first-order valence-electron chi connectivity index (χ1n) is 6.86. The Morgan fingerprint density at radius 3 is 1.43 bits per heavy atom. The van der Waals surface area contributed by atoms with Gasteiger partial charge in [-0.3, -0.25) is 0 Å². The van der Waals surface area contributed by atoms with Crippen LogP contribution in [0.25, 0.3) is 0 Å². The molecule has 2 saturated carbocycles. The van der Waals surface area contributed by atoms with Crippen molar-refractivity contribution in [2.75, 3.05) is 0 Å². The van der Waals surface area contributed by atoms with Crippen molar-refractivity contribution in [3.05, 3.63) is 34.4 Å². The average molecular weight is 339 g/mol. The van der Waals surface area contributed by atoms with Gasteiger partial charge in [-0.15, -0.1) is 23.2 Å². The third-order valence-corrected chi connectivity index (χ3v) is 7.73. The second-order valence-corrected chi connectivity index (χ2v) is 8.16. The van der Waals surface area contributed by atoms with E-state index in [-0.39, 0.29) is 11.1 Å². The number of rotatable bonds is 0. The maximum Gasteiger partial charge on any atom is 0.197 e. The van der Waals surface area contributed by atoms with Crippen molar-refractivity contribution in [1.82, 2.24) is 0 Å². The third-order valence-electron chi connectivity index (χ3n) is 6.16. The van der Waals surface area contributed by atoms with E-state index in [0.29, 0.717) is 12.8 Å². The van der Waals surface area contributed by atoms with Gasteiger partial charge in [0.2, 0.25) is 0 Å². The van der Waals surface area contributed by atoms with Crippen molar-refractivity contribution < 1.29 is 17.6 Å². The molecular formula is C15H12Cl2F4. The smallest absolute Gasteiger partial charge is 0.197 e. The van der Waals surface area contributed by atoms with E-state index in [1.165, 1.54) is 0 Å². The molecule has 1 aromatic rings. The van der Waals surface area contributed by atoms with E-state index in [9.17, 15) is 17.6 Å². The van der Waals surface area contributed by atoms with E-state index in [1.54, 1.807) is 0 Å². The summed E-state index contributed by atoms with van der Waals surface area (Å²) in [5.74, 6) is -7.01. The molecule has 0 amide bonds. The third kappa shape index (κ3) is 1.11. The average Bonchev–Trinajstić information content (AvgIpc) is 2.83. The van der Waals surface area contributed by atoms with E-state index < -0.39 is 50.3 Å². The zero-order valence-electron chi connectivity index (χ0n) is 11.3. The first kappa shape index (κ1) is 14.1. The van der Waals surface area contributed by atoms with Crippen LogP contribution in [0.4, 0.5) is 17.6 Å². The normalized spacial score (nSPS) is 37.1. The zero-order chi connectivity index (χ0) is 15.5. The number of hydrogen-bond acceptors (Lipinski definition) is 0. The summed E-state index contributed by atoms with van der Waals surface area (Å²) in [6.07, 6.45) is 1.12. The van der Waals surface area contributed by atoms with Crippen LogP contribution in [-0.4, -0.2) is 4.33 Å². The molecule has 0 heterocycles. The Balaban J connectivity index is 2.04. The van der Waals surface area contributed by atoms with Gasteiger partial charge in [-0.25, -0.2) is 17.6 Å². The molecule has 2 atom stereocenters. The summed E-state index contributed by atoms with van der Waals surface area (Å²) in [7, 11) is 0. The van der Waals surface area contributed by atoms with Crippen molar-refractivity contribution >= 4 is 23.2 Å². The van der Waals surface area contributed by atoms with E-state index >= 15 is 0 Å². The molecule has 0 saturated heterocycles. The van der Waals surface area contributed by atoms with Crippen molar-refractivity contribution in [2.24, 2.45) is 10.8 Å². The molecule has 3 aliphatic carbocycles. The molecule has 2 bridgehead atoms. The van der Waals surface area contributed by atoms with Crippen LogP contribution in [0, 0.1) is 34.1 Å². The Labute approximate surface area is 129 Å². The molecule has 0 aliphatic heterocycles. The lowest BCUT2D eigenvalue weighted by Crippen LogP contribution is -2.15. The fourth-order valence-electron chi connectivity index (χ4n) is 5.26. The van der Waals surface area contributed by atoms with Crippen LogP contribution in [0.15, 0.2) is 0 Å². The molecule has 0 nitrogen and oxygen atoms in total. The molecular weight excluding hydrogens is 327 g/mol. The van der Waals surface area contributed by atoms with E-state index in [2.05, 4.69) is 0 Å². The van der Waals surface area contributed by atoms with Crippen LogP contribution in [0.5, 0.6) is 0 Å². The van der Waals surface area contributed by atoms with Gasteiger partial charge in [0.1, 0.15) is 4.33 Å². The fourth-order valence-corrected chi connectivity index (χ4v) is 6.48. The number of halogens is 6. The Bertz CT molecular complexity index is 637. The van der Waals surface area contributed by atoms with Crippen LogP contribution < -0.4 is 0 Å². The minimum atomic E-state index is -1.75. The predicted molar refractivity (Wildman–Crippen MR) is 71.6 cm³/mol. The van der Waals surface area contributed by atoms with Gasteiger partial charge in [0.05, 0.1) is 0 Å². The highest BCUT2D eigenvalue weighted by Crippen LogP contribution is 2.92. The maximum atomic E-state index is 14.2. The van der Waals surface area contributed by atoms with Crippen molar-refractivity contribution in [3.8, 4) is 0 Å². The highest BCUT2D eigenvalue weighted by molar-refractivity contribution is 6.52. The number of benzene rings is 1. The molecule has 114 valence electrons. The standard InChI is InChI=1S/C15H12Cl2F4/c1-13(2)14(15(13,16)17)5-3-4-6(14)8-7(5)9(18)11(20)12(21)10(8)19/h5-6H,3-4H2,1-2H3/t5-,6-/m0/s1. The van der Waals surface area contributed by atoms with Gasteiger partial charge in [-0.05, 0) is 24.7 Å². The van der Waals surface area contributed by atoms with E-state index in [1.807, 2.05) is 13.8 Å². The molecule has 0 radical (unpaired) electrons. The molecule has 2 fully saturated rings. The molecule has 0 unspecified atom stereocenters. The second-order valence-electron chi connectivity index (χ2n) is 6.83. The van der Waals surface area contributed by atoms with Gasteiger partial charge in [-0.2, -0.15) is 0 Å². The zero-order valence-corrected chi connectivity index (χ0v) is 12.8. The molecule has 1 spiro atoms. The topological polar surface area (TPSA) is 0 Å². The second kappa shape index (κ2) is 3.53. The van der Waals surface area contributed by atoms with Crippen LogP contribution in [-0.2, 0) is 0 Å². The molecule has 0 N–H and O–H groups in total. The monoisotopic (exact) mass is 338 g/mol. The lowest BCUT2D eigenvalue weighted by Gasteiger charge is -2.19. The van der Waals surface area contributed by atoms with Crippen LogP contribution in [0.3, 0.4) is 0 Å². The van der Waals surface area contributed by atoms with Gasteiger partial charge in [-0.1, -0.05) is 13.8 Å². The first-order valence-corrected chi connectivity index (χ1v) is 7.61. The molecule has 6 heteroatoms. The molecule has 1 aromatic carbocycles. The van der Waals surface area contributed by atoms with Crippen molar-refractivity contribution in [1.29, 1.82) is 0 Å². The minimum Gasteiger partial charge on any atom is -0.203 e. The number of alkyl halides is 2. The Hall–Kier alpha value is -0.480. The summed E-state index contributed by atoms with van der Waals surface area (Å²) < 4.78 is 54.4. The summed E-state index contributed by atoms with van der Waals surface area (Å²) >= 11 is 12.9. The van der Waals surface area contributed by atoms with Gasteiger partial charge >= 0.3 is 0 Å². The van der Waals surface area contributed by atoms with Crippen molar-refractivity contribution in [3.63, 3.8) is 0 Å². The largest absolute Gasteiger partial charge is 0.203 e. The SMILES string of the molecule is CC1(C)C(Cl)(Cl)C12[C@H]1CC[C@H]2c2c(F)c(F)c(F)c(F)c21. The summed E-state index contributed by atoms with van der Waals surface area (Å²) in [5, 5.41) is 0. The Morgan fingerprint density at radius 2 is 1.14 bits per heavy atom. The highest BCUT2D eigenvalue weighted by atomic mass is 35.5. The van der Waals surface area contributed by atoms with Crippen molar-refractivity contribution in [2.45, 2.75) is 42.9 Å². The van der Waals surface area contributed by atoms with Crippen LogP contribution in [0.2, 0.25) is 0 Å². The molecule has 3 aliphatic rings. The lowest BCUT2D eigenvalue weighted by molar-refractivity contribution is 0.341. The maximum absolute atomic E-state index is 14.2. The minimum absolute atomic E-state index is 0.0566. The van der Waals surface area contributed by atoms with E-state index in [0.717, 1.165) is 0 Å². The fraction of sp³-hybridized carbons (Fsp3) is 0.600. The molecule has 4 rings (SSSR count). The van der Waals surface area contributed by atoms with E-state index in [4.69, 9.17) is 23.2 Å². The Kier molecular flexibility index (Phi) is 2.38. The number of hydrogen-bond donors (Lipinski definition) is 0. The Morgan fingerprint density at radius 1 is 0.810 bits per heavy atom. The van der Waals surface area contributed by atoms with Gasteiger partial charge in [0.15, 0.2) is 23.3 Å². The molecule has 21 heavy (non-hydrogen) atoms. The summed E-state index contributed by atoms with van der Waals surface area (Å²) in [6, 6.07) is 0. The van der Waals surface area contributed by atoms with Gasteiger partial charge < -0.3 is 0 Å². The first-order chi connectivity index (χ1) is 9.62. The highest BCUT2D eigenvalue weighted by Gasteiger charge is 2.90. The summed E-state index contributed by atoms with van der Waals surface area (Å²) in [4.78, 5) is 0. The predicted octanol–water partition coefficient (Wildman–Crippen LogP) is 5.42. The summed E-state index contributed by atoms with van der Waals surface area (Å²) in [6.45, 7) is 3.68. The van der Waals surface area contributed by atoms with Crippen LogP contribution >= 0.6 is 23.2 Å². The summed E-state index contributed by atoms with van der Waals surface area (Å²) in [5.41, 5.74) is -1.43. The van der Waals surface area contributed by atoms with Gasteiger partial charge in [0, 0.05) is 22.0 Å². The molecule has 0 aromatic heterocycles. The van der Waals surface area contributed by atoms with Crippen LogP contribution in [0.1, 0.15) is 49.7 Å². The number of fused-ring (bicyclic) bond motifs is 3. The van der Waals surface area contributed by atoms with Gasteiger partial charge in [0.25, 0.3) is 0 Å². The lowest BCUT2D eigenvalue weighted by atomic mass is 9.84. The quantitative estimate of drug-likeness (QED) is 0.256.